The minimum Gasteiger partial charge on any atom is -0.399 e. The lowest BCUT2D eigenvalue weighted by atomic mass is 9.80. The van der Waals surface area contributed by atoms with Gasteiger partial charge in [-0.25, -0.2) is 9.78 Å². The summed E-state index contributed by atoms with van der Waals surface area (Å²) in [5, 5.41) is 0. The van der Waals surface area contributed by atoms with Gasteiger partial charge in [0.15, 0.2) is 5.65 Å². The van der Waals surface area contributed by atoms with Crippen LogP contribution in [0.2, 0.25) is 0 Å². The van der Waals surface area contributed by atoms with E-state index in [2.05, 4.69) is 16.9 Å². The Kier molecular flexibility index (Phi) is 3.68. The third kappa shape index (κ3) is 2.52. The summed E-state index contributed by atoms with van der Waals surface area (Å²) in [6.07, 6.45) is 2.60. The summed E-state index contributed by atoms with van der Waals surface area (Å²) in [5.74, 6) is 0. The van der Waals surface area contributed by atoms with Crippen LogP contribution in [0, 0.1) is 0 Å². The van der Waals surface area contributed by atoms with Crippen LogP contribution in [-0.2, 0) is 9.31 Å². The molecule has 0 aliphatic carbocycles. The van der Waals surface area contributed by atoms with Gasteiger partial charge in [0.25, 0.3) is 0 Å². The van der Waals surface area contributed by atoms with Crippen molar-refractivity contribution >= 4 is 23.7 Å². The van der Waals surface area contributed by atoms with E-state index in [0.717, 1.165) is 11.9 Å². The van der Waals surface area contributed by atoms with Crippen LogP contribution in [0.5, 0.6) is 0 Å². The van der Waals surface area contributed by atoms with Crippen molar-refractivity contribution in [2.45, 2.75) is 65.2 Å². The third-order valence-corrected chi connectivity index (χ3v) is 5.13. The second-order valence-corrected chi connectivity index (χ2v) is 7.29. The summed E-state index contributed by atoms with van der Waals surface area (Å²) >= 11 is 0. The van der Waals surface area contributed by atoms with Gasteiger partial charge >= 0.3 is 12.8 Å². The molecule has 1 saturated heterocycles. The molecule has 1 unspecified atom stereocenters. The molecule has 0 spiro atoms. The fourth-order valence-electron chi connectivity index (χ4n) is 2.73. The van der Waals surface area contributed by atoms with Crippen LogP contribution < -0.4 is 11.2 Å². The normalized spacial score (nSPS) is 21.0. The molecular weight excluding hydrogens is 293 g/mol. The maximum Gasteiger partial charge on any atom is 0.496 e. The van der Waals surface area contributed by atoms with E-state index in [-0.39, 0.29) is 11.7 Å². The Morgan fingerprint density at radius 1 is 1.30 bits per heavy atom. The predicted molar refractivity (Wildman–Crippen MR) is 91.1 cm³/mol. The molecule has 1 atom stereocenters. The molecule has 6 nitrogen and oxygen atoms in total. The fraction of sp³-hybridized carbons (Fsp3) is 0.625. The van der Waals surface area contributed by atoms with Crippen LogP contribution in [0.15, 0.2) is 17.1 Å². The quantitative estimate of drug-likeness (QED) is 0.879. The number of H-pyrrole nitrogens is 1. The molecular formula is C16H24BN3O3. The van der Waals surface area contributed by atoms with E-state index >= 15 is 0 Å². The second kappa shape index (κ2) is 5.21. The van der Waals surface area contributed by atoms with Crippen LogP contribution in [-0.4, -0.2) is 32.9 Å². The van der Waals surface area contributed by atoms with Gasteiger partial charge in [0, 0.05) is 17.7 Å². The number of fused-ring (bicyclic) bond motifs is 1. The molecule has 124 valence electrons. The van der Waals surface area contributed by atoms with Gasteiger partial charge in [0.05, 0.1) is 16.7 Å². The number of aromatic nitrogens is 3. The maximum absolute atomic E-state index is 12.2. The van der Waals surface area contributed by atoms with Crippen molar-refractivity contribution in [2.24, 2.45) is 0 Å². The first kappa shape index (κ1) is 16.3. The predicted octanol–water partition coefficient (Wildman–Crippen LogP) is 1.99. The van der Waals surface area contributed by atoms with Gasteiger partial charge in [0.2, 0.25) is 0 Å². The van der Waals surface area contributed by atoms with Gasteiger partial charge in [-0.15, -0.1) is 0 Å². The first-order valence-corrected chi connectivity index (χ1v) is 8.12. The summed E-state index contributed by atoms with van der Waals surface area (Å²) in [6, 6.07) is 2.00. The molecule has 1 aliphatic heterocycles. The zero-order chi connectivity index (χ0) is 17.0. The molecule has 0 radical (unpaired) electrons. The van der Waals surface area contributed by atoms with Crippen molar-refractivity contribution in [3.63, 3.8) is 0 Å². The van der Waals surface area contributed by atoms with Gasteiger partial charge < -0.3 is 14.3 Å². The van der Waals surface area contributed by atoms with Crippen LogP contribution in [0.25, 0.3) is 11.2 Å². The fourth-order valence-corrected chi connectivity index (χ4v) is 2.73. The lowest BCUT2D eigenvalue weighted by molar-refractivity contribution is 0.00578. The lowest BCUT2D eigenvalue weighted by Gasteiger charge is -2.32. The first-order chi connectivity index (χ1) is 10.7. The second-order valence-electron chi connectivity index (χ2n) is 7.29. The Labute approximate surface area is 136 Å². The molecule has 0 amide bonds. The van der Waals surface area contributed by atoms with E-state index in [1.165, 1.54) is 0 Å². The van der Waals surface area contributed by atoms with Crippen LogP contribution >= 0.6 is 0 Å². The highest BCUT2D eigenvalue weighted by molar-refractivity contribution is 6.62. The monoisotopic (exact) mass is 317 g/mol. The van der Waals surface area contributed by atoms with Crippen molar-refractivity contribution in [3.8, 4) is 0 Å². The highest BCUT2D eigenvalue weighted by atomic mass is 16.7. The van der Waals surface area contributed by atoms with Crippen molar-refractivity contribution in [1.29, 1.82) is 0 Å². The number of pyridine rings is 1. The number of hydrogen-bond donors (Lipinski definition) is 1. The minimum atomic E-state index is -0.479. The summed E-state index contributed by atoms with van der Waals surface area (Å²) in [6.45, 7) is 12.1. The molecule has 0 bridgehead atoms. The van der Waals surface area contributed by atoms with Gasteiger partial charge in [-0.3, -0.25) is 4.57 Å². The van der Waals surface area contributed by atoms with Gasteiger partial charge in [-0.2, -0.15) is 0 Å². The van der Waals surface area contributed by atoms with Crippen molar-refractivity contribution in [3.05, 3.63) is 22.7 Å². The number of aromatic amines is 1. The van der Waals surface area contributed by atoms with Gasteiger partial charge in [-0.1, -0.05) is 6.92 Å². The minimum absolute atomic E-state index is 0.103. The standard InChI is InChI=1S/C16H24BN3O3/c1-7-10(2)20-13-12(19-14(20)21)8-11(9-18-13)17-22-15(3,4)16(5,6)23-17/h8-10H,7H2,1-6H3,(H,19,21). The molecule has 0 aromatic carbocycles. The molecule has 1 fully saturated rings. The Balaban J connectivity index is 2.01. The van der Waals surface area contributed by atoms with Crippen molar-refractivity contribution in [2.75, 3.05) is 0 Å². The summed E-state index contributed by atoms with van der Waals surface area (Å²) < 4.78 is 13.8. The van der Waals surface area contributed by atoms with E-state index < -0.39 is 18.3 Å². The van der Waals surface area contributed by atoms with Crippen LogP contribution in [0.4, 0.5) is 0 Å². The number of imidazole rings is 1. The highest BCUT2D eigenvalue weighted by Gasteiger charge is 2.51. The van der Waals surface area contributed by atoms with Crippen LogP contribution in [0.1, 0.15) is 54.0 Å². The number of rotatable bonds is 3. The van der Waals surface area contributed by atoms with E-state index in [1.807, 2.05) is 40.7 Å². The molecule has 2 aromatic heterocycles. The smallest absolute Gasteiger partial charge is 0.399 e. The van der Waals surface area contributed by atoms with E-state index in [9.17, 15) is 4.79 Å². The van der Waals surface area contributed by atoms with E-state index in [4.69, 9.17) is 9.31 Å². The molecule has 3 rings (SSSR count). The SMILES string of the molecule is CCC(C)n1c(=O)[nH]c2cc(B3OC(C)(C)C(C)(C)O3)cnc21. The van der Waals surface area contributed by atoms with Gasteiger partial charge in [0.1, 0.15) is 0 Å². The molecule has 23 heavy (non-hydrogen) atoms. The zero-order valence-corrected chi connectivity index (χ0v) is 14.6. The third-order valence-electron chi connectivity index (χ3n) is 5.13. The number of nitrogens with one attached hydrogen (secondary N) is 1. The average molecular weight is 317 g/mol. The summed E-state index contributed by atoms with van der Waals surface area (Å²) in [7, 11) is -0.479. The summed E-state index contributed by atoms with van der Waals surface area (Å²) in [4.78, 5) is 19.5. The molecule has 7 heteroatoms. The molecule has 1 N–H and O–H groups in total. The average Bonchev–Trinajstić information content (AvgIpc) is 2.90. The number of hydrogen-bond acceptors (Lipinski definition) is 4. The molecule has 2 aromatic rings. The Hall–Kier alpha value is -1.60. The Morgan fingerprint density at radius 2 is 1.91 bits per heavy atom. The highest BCUT2D eigenvalue weighted by Crippen LogP contribution is 2.36. The Morgan fingerprint density at radius 3 is 2.48 bits per heavy atom. The van der Waals surface area contributed by atoms with E-state index in [1.54, 1.807) is 10.8 Å². The largest absolute Gasteiger partial charge is 0.496 e. The number of nitrogens with zero attached hydrogens (tertiary/aromatic N) is 2. The van der Waals surface area contributed by atoms with E-state index in [0.29, 0.717) is 11.2 Å². The van der Waals surface area contributed by atoms with Crippen molar-refractivity contribution < 1.29 is 9.31 Å². The Bertz CT molecular complexity index is 777. The molecule has 0 saturated carbocycles. The first-order valence-electron chi connectivity index (χ1n) is 8.12. The summed E-state index contributed by atoms with van der Waals surface area (Å²) in [5.41, 5.74) is 1.26. The molecule has 3 heterocycles. The maximum atomic E-state index is 12.2. The van der Waals surface area contributed by atoms with Crippen LogP contribution in [0.3, 0.4) is 0 Å². The van der Waals surface area contributed by atoms with Gasteiger partial charge in [-0.05, 0) is 47.1 Å². The zero-order valence-electron chi connectivity index (χ0n) is 14.6. The topological polar surface area (TPSA) is 69.1 Å². The lowest BCUT2D eigenvalue weighted by Crippen LogP contribution is -2.41. The van der Waals surface area contributed by atoms with Crippen molar-refractivity contribution in [1.82, 2.24) is 14.5 Å². The molecule has 1 aliphatic rings.